The van der Waals surface area contributed by atoms with Crippen LogP contribution in [0.25, 0.3) is 11.1 Å². The van der Waals surface area contributed by atoms with Gasteiger partial charge in [-0.05, 0) is 74.8 Å². The first-order chi connectivity index (χ1) is 12.7. The van der Waals surface area contributed by atoms with Crippen LogP contribution in [-0.4, -0.2) is 21.9 Å². The molecule has 0 aliphatic heterocycles. The Morgan fingerprint density at radius 1 is 1.12 bits per heavy atom. The monoisotopic (exact) mass is 349 g/mol. The minimum absolute atomic E-state index is 0.0518. The van der Waals surface area contributed by atoms with Gasteiger partial charge in [-0.3, -0.25) is 9.78 Å². The van der Waals surface area contributed by atoms with E-state index in [1.807, 2.05) is 31.5 Å². The summed E-state index contributed by atoms with van der Waals surface area (Å²) in [5.41, 5.74) is 3.72. The summed E-state index contributed by atoms with van der Waals surface area (Å²) in [5.74, 6) is 3.21. The Morgan fingerprint density at radius 2 is 1.96 bits per heavy atom. The Balaban J connectivity index is 1.32. The highest BCUT2D eigenvalue weighted by Crippen LogP contribution is 2.52. The fourth-order valence-corrected chi connectivity index (χ4v) is 5.81. The van der Waals surface area contributed by atoms with Crippen LogP contribution in [0.5, 0.6) is 0 Å². The first-order valence-electron chi connectivity index (χ1n) is 10.1. The summed E-state index contributed by atoms with van der Waals surface area (Å²) in [6, 6.07) is 6.38. The molecule has 0 radical (unpaired) electrons. The second-order valence-electron chi connectivity index (χ2n) is 8.67. The highest BCUT2D eigenvalue weighted by Gasteiger charge is 2.47. The van der Waals surface area contributed by atoms with Gasteiger partial charge in [-0.2, -0.15) is 0 Å². The van der Waals surface area contributed by atoms with Crippen LogP contribution in [0.1, 0.15) is 54.7 Å². The number of carbonyl (C=O) groups is 1. The lowest BCUT2D eigenvalue weighted by Crippen LogP contribution is -2.55. The lowest BCUT2D eigenvalue weighted by Gasteiger charge is -2.53. The Bertz CT molecular complexity index is 805. The Hall–Kier alpha value is -2.10. The third-order valence-corrected chi connectivity index (χ3v) is 7.14. The molecule has 3 aliphatic carbocycles. The van der Waals surface area contributed by atoms with E-state index in [9.17, 15) is 4.79 Å². The van der Waals surface area contributed by atoms with Gasteiger partial charge in [0.2, 0.25) is 0 Å². The highest BCUT2D eigenvalue weighted by molar-refractivity contribution is 5.94. The molecule has 4 nitrogen and oxygen atoms in total. The summed E-state index contributed by atoms with van der Waals surface area (Å²) in [5, 5.41) is 3.41. The van der Waals surface area contributed by atoms with Crippen LogP contribution in [0.15, 0.2) is 30.6 Å². The van der Waals surface area contributed by atoms with E-state index in [4.69, 9.17) is 0 Å². The van der Waals surface area contributed by atoms with E-state index in [0.717, 1.165) is 28.7 Å². The summed E-state index contributed by atoms with van der Waals surface area (Å²) in [6.45, 7) is 1.98. The van der Waals surface area contributed by atoms with Crippen molar-refractivity contribution in [2.75, 3.05) is 0 Å². The second kappa shape index (κ2) is 6.26. The summed E-state index contributed by atoms with van der Waals surface area (Å²) in [7, 11) is 0. The molecule has 0 spiro atoms. The molecular formula is C22H27N3O. The number of H-pyrrole nitrogens is 1. The molecule has 3 fully saturated rings. The number of hydrogen-bond donors (Lipinski definition) is 2. The Kier molecular flexibility index (Phi) is 3.87. The zero-order valence-corrected chi connectivity index (χ0v) is 15.4. The number of amides is 1. The SMILES string of the molecule is Cc1ccc(-c2c[nH]c(C(=O)NC3C4CCC5CCC(C4)CC53)c2)cn1. The Labute approximate surface area is 154 Å². The van der Waals surface area contributed by atoms with Gasteiger partial charge >= 0.3 is 0 Å². The molecule has 2 heterocycles. The van der Waals surface area contributed by atoms with Gasteiger partial charge < -0.3 is 10.3 Å². The zero-order valence-electron chi connectivity index (χ0n) is 15.4. The van der Waals surface area contributed by atoms with Crippen LogP contribution in [0.4, 0.5) is 0 Å². The number of fused-ring (bicyclic) bond motifs is 2. The van der Waals surface area contributed by atoms with Crippen molar-refractivity contribution >= 4 is 5.91 Å². The first kappa shape index (κ1) is 16.1. The van der Waals surface area contributed by atoms with E-state index in [0.29, 0.717) is 23.6 Å². The minimum Gasteiger partial charge on any atom is -0.357 e. The molecule has 2 aromatic heterocycles. The van der Waals surface area contributed by atoms with Crippen LogP contribution >= 0.6 is 0 Å². The van der Waals surface area contributed by atoms with Crippen LogP contribution < -0.4 is 5.32 Å². The molecule has 5 unspecified atom stereocenters. The van der Waals surface area contributed by atoms with E-state index < -0.39 is 0 Å². The van der Waals surface area contributed by atoms with Gasteiger partial charge in [-0.15, -0.1) is 0 Å². The zero-order chi connectivity index (χ0) is 17.7. The molecule has 3 aliphatic rings. The lowest BCUT2D eigenvalue weighted by molar-refractivity contribution is -0.00287. The number of pyridine rings is 1. The van der Waals surface area contributed by atoms with Crippen molar-refractivity contribution < 1.29 is 4.79 Å². The van der Waals surface area contributed by atoms with Crippen molar-refractivity contribution in [2.24, 2.45) is 23.7 Å². The topological polar surface area (TPSA) is 57.8 Å². The molecule has 1 amide bonds. The maximum absolute atomic E-state index is 12.9. The van der Waals surface area contributed by atoms with Gasteiger partial charge in [0, 0.05) is 35.3 Å². The van der Waals surface area contributed by atoms with Gasteiger partial charge in [0.15, 0.2) is 0 Å². The second-order valence-corrected chi connectivity index (χ2v) is 8.67. The van der Waals surface area contributed by atoms with Gasteiger partial charge in [-0.1, -0.05) is 12.5 Å². The van der Waals surface area contributed by atoms with Crippen LogP contribution in [-0.2, 0) is 0 Å². The van der Waals surface area contributed by atoms with Crippen molar-refractivity contribution in [3.05, 3.63) is 42.0 Å². The Morgan fingerprint density at radius 3 is 2.81 bits per heavy atom. The molecule has 0 aromatic carbocycles. The van der Waals surface area contributed by atoms with Gasteiger partial charge in [0.05, 0.1) is 0 Å². The number of hydrogen-bond acceptors (Lipinski definition) is 2. The number of nitrogens with zero attached hydrogens (tertiary/aromatic N) is 1. The van der Waals surface area contributed by atoms with Crippen molar-refractivity contribution in [1.29, 1.82) is 0 Å². The molecule has 4 heteroatoms. The summed E-state index contributed by atoms with van der Waals surface area (Å²) >= 11 is 0. The third kappa shape index (κ3) is 2.76. The number of nitrogens with one attached hydrogen (secondary N) is 2. The van der Waals surface area contributed by atoms with Crippen molar-refractivity contribution in [2.45, 2.75) is 51.5 Å². The van der Waals surface area contributed by atoms with Gasteiger partial charge in [0.1, 0.15) is 5.69 Å². The minimum atomic E-state index is 0.0518. The van der Waals surface area contributed by atoms with E-state index in [2.05, 4.69) is 21.4 Å². The first-order valence-corrected chi connectivity index (χ1v) is 10.1. The molecule has 0 saturated heterocycles. The predicted octanol–water partition coefficient (Wildman–Crippen LogP) is 4.33. The molecule has 2 aromatic rings. The number of carbonyl (C=O) groups excluding carboxylic acids is 1. The molecule has 3 saturated carbocycles. The predicted molar refractivity (Wildman–Crippen MR) is 102 cm³/mol. The van der Waals surface area contributed by atoms with Crippen molar-refractivity contribution in [3.63, 3.8) is 0 Å². The van der Waals surface area contributed by atoms with E-state index in [-0.39, 0.29) is 5.91 Å². The van der Waals surface area contributed by atoms with Crippen molar-refractivity contribution in [1.82, 2.24) is 15.3 Å². The maximum Gasteiger partial charge on any atom is 0.267 e. The average molecular weight is 349 g/mol. The van der Waals surface area contributed by atoms with E-state index >= 15 is 0 Å². The molecule has 5 atom stereocenters. The largest absolute Gasteiger partial charge is 0.357 e. The fourth-order valence-electron chi connectivity index (χ4n) is 5.81. The van der Waals surface area contributed by atoms with Gasteiger partial charge in [0.25, 0.3) is 5.91 Å². The highest BCUT2D eigenvalue weighted by atomic mass is 16.1. The molecule has 2 N–H and O–H groups in total. The van der Waals surface area contributed by atoms with E-state index in [1.54, 1.807) is 0 Å². The average Bonchev–Trinajstić information content (AvgIpc) is 3.12. The number of aromatic amines is 1. The quantitative estimate of drug-likeness (QED) is 0.866. The summed E-state index contributed by atoms with van der Waals surface area (Å²) in [6.07, 6.45) is 11.9. The molecule has 136 valence electrons. The standard InChI is InChI=1S/C22H27N3O/c1-13-2-4-17(11-23-13)18-10-20(24-12-18)22(26)25-21-16-7-6-15-5-3-14(8-16)9-19(15)21/h2,4,10-12,14-16,19,21,24H,3,5-9H2,1H3,(H,25,26). The normalized spacial score (nSPS) is 32.4. The molecular weight excluding hydrogens is 322 g/mol. The number of aromatic nitrogens is 2. The van der Waals surface area contributed by atoms with Gasteiger partial charge in [-0.25, -0.2) is 0 Å². The summed E-state index contributed by atoms with van der Waals surface area (Å²) < 4.78 is 0. The number of rotatable bonds is 3. The number of aryl methyl sites for hydroxylation is 1. The van der Waals surface area contributed by atoms with E-state index in [1.165, 1.54) is 38.5 Å². The van der Waals surface area contributed by atoms with Crippen LogP contribution in [0.3, 0.4) is 0 Å². The lowest BCUT2D eigenvalue weighted by atomic mass is 9.55. The maximum atomic E-state index is 12.9. The summed E-state index contributed by atoms with van der Waals surface area (Å²) in [4.78, 5) is 20.4. The smallest absolute Gasteiger partial charge is 0.267 e. The van der Waals surface area contributed by atoms with Crippen LogP contribution in [0.2, 0.25) is 0 Å². The molecule has 3 bridgehead atoms. The van der Waals surface area contributed by atoms with Crippen LogP contribution in [0, 0.1) is 30.6 Å². The fraction of sp³-hybridized carbons (Fsp3) is 0.545. The van der Waals surface area contributed by atoms with Crippen molar-refractivity contribution in [3.8, 4) is 11.1 Å². The third-order valence-electron chi connectivity index (χ3n) is 7.14. The molecule has 26 heavy (non-hydrogen) atoms. The molecule has 5 rings (SSSR count).